The van der Waals surface area contributed by atoms with Gasteiger partial charge in [0, 0.05) is 0 Å². The van der Waals surface area contributed by atoms with E-state index >= 15 is 0 Å². The smallest absolute Gasteiger partial charge is 0.319 e. The van der Waals surface area contributed by atoms with Crippen molar-refractivity contribution in [2.45, 2.75) is 19.4 Å². The molecule has 2 amide bonds. The third-order valence-corrected chi connectivity index (χ3v) is 2.96. The molecular formula is C14H16N2O4. The SMILES string of the molecule is CCOC(=O)CN[C@@H]1CC(=O)N(c2ccccc2)C1=O. The Hall–Kier alpha value is -2.21. The second-order valence-corrected chi connectivity index (χ2v) is 4.35. The summed E-state index contributed by atoms with van der Waals surface area (Å²) >= 11 is 0. The van der Waals surface area contributed by atoms with Crippen molar-refractivity contribution in [3.63, 3.8) is 0 Å². The van der Waals surface area contributed by atoms with Crippen molar-refractivity contribution in [1.82, 2.24) is 5.32 Å². The molecule has 1 saturated heterocycles. The molecule has 1 aromatic carbocycles. The van der Waals surface area contributed by atoms with Crippen molar-refractivity contribution < 1.29 is 19.1 Å². The van der Waals surface area contributed by atoms with Gasteiger partial charge in [0.15, 0.2) is 0 Å². The Balaban J connectivity index is 2.00. The van der Waals surface area contributed by atoms with Crippen LogP contribution in [0.5, 0.6) is 0 Å². The molecule has 1 atom stereocenters. The van der Waals surface area contributed by atoms with E-state index in [1.54, 1.807) is 31.2 Å². The lowest BCUT2D eigenvalue weighted by Gasteiger charge is -2.15. The van der Waals surface area contributed by atoms with E-state index in [1.807, 2.05) is 6.07 Å². The summed E-state index contributed by atoms with van der Waals surface area (Å²) in [4.78, 5) is 36.5. The van der Waals surface area contributed by atoms with Crippen LogP contribution < -0.4 is 10.2 Å². The number of esters is 1. The minimum Gasteiger partial charge on any atom is -0.465 e. The molecule has 0 unspecified atom stereocenters. The zero-order valence-corrected chi connectivity index (χ0v) is 11.2. The molecule has 20 heavy (non-hydrogen) atoms. The number of carbonyl (C=O) groups is 3. The van der Waals surface area contributed by atoms with E-state index in [0.29, 0.717) is 5.69 Å². The van der Waals surface area contributed by atoms with Crippen LogP contribution in [0.4, 0.5) is 5.69 Å². The molecule has 106 valence electrons. The van der Waals surface area contributed by atoms with E-state index in [-0.39, 0.29) is 31.4 Å². The largest absolute Gasteiger partial charge is 0.465 e. The molecule has 6 nitrogen and oxygen atoms in total. The average molecular weight is 276 g/mol. The average Bonchev–Trinajstić information content (AvgIpc) is 2.72. The Morgan fingerprint density at radius 3 is 2.70 bits per heavy atom. The molecular weight excluding hydrogens is 260 g/mol. The van der Waals surface area contributed by atoms with Gasteiger partial charge in [0.1, 0.15) is 0 Å². The number of rotatable bonds is 5. The van der Waals surface area contributed by atoms with Crippen LogP contribution in [0, 0.1) is 0 Å². The molecule has 2 rings (SSSR count). The number of nitrogens with one attached hydrogen (secondary N) is 1. The van der Waals surface area contributed by atoms with Crippen molar-refractivity contribution in [2.24, 2.45) is 0 Å². The number of anilines is 1. The molecule has 0 aliphatic carbocycles. The van der Waals surface area contributed by atoms with Gasteiger partial charge >= 0.3 is 5.97 Å². The first-order chi connectivity index (χ1) is 9.63. The number of carbonyl (C=O) groups excluding carboxylic acids is 3. The lowest BCUT2D eigenvalue weighted by atomic mass is 10.2. The van der Waals surface area contributed by atoms with Gasteiger partial charge < -0.3 is 4.74 Å². The molecule has 0 spiro atoms. The van der Waals surface area contributed by atoms with E-state index in [0.717, 1.165) is 4.90 Å². The maximum Gasteiger partial charge on any atom is 0.319 e. The first kappa shape index (κ1) is 14.2. The number of hydrogen-bond donors (Lipinski definition) is 1. The number of hydrogen-bond acceptors (Lipinski definition) is 5. The van der Waals surface area contributed by atoms with Gasteiger partial charge in [-0.1, -0.05) is 18.2 Å². The van der Waals surface area contributed by atoms with Crippen molar-refractivity contribution in [1.29, 1.82) is 0 Å². The van der Waals surface area contributed by atoms with Gasteiger partial charge in [-0.3, -0.25) is 19.7 Å². The Labute approximate surface area is 116 Å². The van der Waals surface area contributed by atoms with Gasteiger partial charge in [-0.2, -0.15) is 0 Å². The maximum absolute atomic E-state index is 12.2. The highest BCUT2D eigenvalue weighted by Gasteiger charge is 2.39. The molecule has 1 aliphatic heterocycles. The van der Waals surface area contributed by atoms with Crippen LogP contribution in [-0.4, -0.2) is 37.0 Å². The van der Waals surface area contributed by atoms with Crippen LogP contribution in [0.25, 0.3) is 0 Å². The summed E-state index contributed by atoms with van der Waals surface area (Å²) in [6.07, 6.45) is 0.0487. The zero-order valence-electron chi connectivity index (χ0n) is 11.2. The predicted molar refractivity (Wildman–Crippen MR) is 72.0 cm³/mol. The lowest BCUT2D eigenvalue weighted by Crippen LogP contribution is -2.41. The molecule has 1 N–H and O–H groups in total. The summed E-state index contributed by atoms with van der Waals surface area (Å²) in [7, 11) is 0. The van der Waals surface area contributed by atoms with Gasteiger partial charge in [0.05, 0.1) is 31.3 Å². The topological polar surface area (TPSA) is 75.7 Å². The van der Waals surface area contributed by atoms with Crippen LogP contribution in [0.3, 0.4) is 0 Å². The van der Waals surface area contributed by atoms with Crippen molar-refractivity contribution in [3.8, 4) is 0 Å². The Morgan fingerprint density at radius 2 is 2.05 bits per heavy atom. The Morgan fingerprint density at radius 1 is 1.35 bits per heavy atom. The third kappa shape index (κ3) is 3.03. The summed E-state index contributed by atoms with van der Waals surface area (Å²) in [5.74, 6) is -1.06. The van der Waals surface area contributed by atoms with Crippen LogP contribution >= 0.6 is 0 Å². The summed E-state index contributed by atoms with van der Waals surface area (Å²) < 4.78 is 4.76. The second kappa shape index (κ2) is 6.29. The highest BCUT2D eigenvalue weighted by molar-refractivity contribution is 6.22. The summed E-state index contributed by atoms with van der Waals surface area (Å²) in [5.41, 5.74) is 0.544. The third-order valence-electron chi connectivity index (χ3n) is 2.96. The van der Waals surface area contributed by atoms with Crippen LogP contribution in [0.1, 0.15) is 13.3 Å². The van der Waals surface area contributed by atoms with Crippen molar-refractivity contribution in [2.75, 3.05) is 18.1 Å². The molecule has 0 saturated carbocycles. The summed E-state index contributed by atoms with van der Waals surface area (Å²) in [6, 6.07) is 8.05. The molecule has 1 aromatic rings. The van der Waals surface area contributed by atoms with E-state index in [2.05, 4.69) is 5.32 Å². The quantitative estimate of drug-likeness (QED) is 0.625. The van der Waals surface area contributed by atoms with Crippen LogP contribution in [-0.2, 0) is 19.1 Å². The fraction of sp³-hybridized carbons (Fsp3) is 0.357. The second-order valence-electron chi connectivity index (χ2n) is 4.35. The van der Waals surface area contributed by atoms with Crippen LogP contribution in [0.2, 0.25) is 0 Å². The fourth-order valence-corrected chi connectivity index (χ4v) is 2.06. The molecule has 0 aromatic heterocycles. The molecule has 1 aliphatic rings. The van der Waals surface area contributed by atoms with Crippen LogP contribution in [0.15, 0.2) is 30.3 Å². The van der Waals surface area contributed by atoms with E-state index in [9.17, 15) is 14.4 Å². The summed E-state index contributed by atoms with van der Waals surface area (Å²) in [6.45, 7) is 1.91. The zero-order chi connectivity index (χ0) is 14.5. The van der Waals surface area contributed by atoms with Crippen molar-refractivity contribution >= 4 is 23.5 Å². The standard InChI is InChI=1S/C14H16N2O4/c1-2-20-13(18)9-15-11-8-12(17)16(14(11)19)10-6-4-3-5-7-10/h3-7,11,15H,2,8-9H2,1H3/t11-/m1/s1. The Kier molecular flexibility index (Phi) is 4.47. The number of para-hydroxylation sites is 1. The van der Waals surface area contributed by atoms with Gasteiger partial charge in [-0.25, -0.2) is 4.90 Å². The number of imide groups is 1. The molecule has 1 fully saturated rings. The summed E-state index contributed by atoms with van der Waals surface area (Å²) in [5, 5.41) is 2.76. The van der Waals surface area contributed by atoms with Gasteiger partial charge in [0.2, 0.25) is 5.91 Å². The van der Waals surface area contributed by atoms with Gasteiger partial charge in [-0.15, -0.1) is 0 Å². The lowest BCUT2D eigenvalue weighted by molar-refractivity contribution is -0.142. The number of ether oxygens (including phenoxy) is 1. The monoisotopic (exact) mass is 276 g/mol. The molecule has 1 heterocycles. The highest BCUT2D eigenvalue weighted by Crippen LogP contribution is 2.22. The fourth-order valence-electron chi connectivity index (χ4n) is 2.06. The minimum atomic E-state index is -0.674. The van der Waals surface area contributed by atoms with E-state index in [4.69, 9.17) is 4.74 Å². The number of amides is 2. The first-order valence-corrected chi connectivity index (χ1v) is 6.44. The molecule has 0 radical (unpaired) electrons. The minimum absolute atomic E-state index is 0.0487. The normalized spacial score (nSPS) is 18.4. The van der Waals surface area contributed by atoms with Gasteiger partial charge in [0.25, 0.3) is 5.91 Å². The first-order valence-electron chi connectivity index (χ1n) is 6.44. The maximum atomic E-state index is 12.2. The number of nitrogens with zero attached hydrogens (tertiary/aromatic N) is 1. The van der Waals surface area contributed by atoms with E-state index in [1.165, 1.54) is 0 Å². The number of benzene rings is 1. The predicted octanol–water partition coefficient (Wildman–Crippen LogP) is 0.471. The Bertz CT molecular complexity index is 515. The van der Waals surface area contributed by atoms with E-state index < -0.39 is 12.0 Å². The van der Waals surface area contributed by atoms with Gasteiger partial charge in [-0.05, 0) is 19.1 Å². The molecule has 0 bridgehead atoms. The molecule has 6 heteroatoms. The van der Waals surface area contributed by atoms with Crippen molar-refractivity contribution in [3.05, 3.63) is 30.3 Å². The highest BCUT2D eigenvalue weighted by atomic mass is 16.5.